The number of amides is 1. The van der Waals surface area contributed by atoms with E-state index in [4.69, 9.17) is 0 Å². The largest absolute Gasteiger partial charge is 0.348 e. The second-order valence-electron chi connectivity index (χ2n) is 4.43. The molecule has 1 aromatic heterocycles. The minimum atomic E-state index is -0.253. The highest BCUT2D eigenvalue weighted by molar-refractivity contribution is 7.97. The van der Waals surface area contributed by atoms with Crippen molar-refractivity contribution in [2.45, 2.75) is 12.3 Å². The molecule has 2 aromatic rings. The van der Waals surface area contributed by atoms with E-state index in [0.29, 0.717) is 12.1 Å². The van der Waals surface area contributed by atoms with Crippen LogP contribution >= 0.6 is 11.8 Å². The Bertz CT molecular complexity index is 612. The van der Waals surface area contributed by atoms with E-state index in [-0.39, 0.29) is 11.7 Å². The van der Waals surface area contributed by atoms with Crippen LogP contribution in [-0.4, -0.2) is 21.9 Å². The fourth-order valence-corrected chi connectivity index (χ4v) is 2.45. The Balaban J connectivity index is 2.05. The van der Waals surface area contributed by atoms with Crippen LogP contribution in [0.2, 0.25) is 0 Å². The van der Waals surface area contributed by atoms with Crippen molar-refractivity contribution in [1.82, 2.24) is 15.1 Å². The molecule has 0 aliphatic rings. The van der Waals surface area contributed by atoms with Crippen molar-refractivity contribution in [3.63, 3.8) is 0 Å². The molecule has 0 unspecified atom stereocenters. The van der Waals surface area contributed by atoms with Gasteiger partial charge >= 0.3 is 0 Å². The predicted molar refractivity (Wildman–Crippen MR) is 78.0 cm³/mol. The van der Waals surface area contributed by atoms with E-state index in [1.54, 1.807) is 35.8 Å². The Labute approximate surface area is 121 Å². The lowest BCUT2D eigenvalue weighted by Gasteiger charge is -2.09. The van der Waals surface area contributed by atoms with Crippen LogP contribution in [0.25, 0.3) is 0 Å². The van der Waals surface area contributed by atoms with E-state index in [9.17, 15) is 9.18 Å². The number of rotatable bonds is 5. The number of aromatic nitrogens is 2. The molecule has 0 fully saturated rings. The van der Waals surface area contributed by atoms with Gasteiger partial charge in [0.05, 0.1) is 11.8 Å². The Morgan fingerprint density at radius 3 is 2.90 bits per heavy atom. The molecule has 2 rings (SSSR count). The summed E-state index contributed by atoms with van der Waals surface area (Å²) < 4.78 is 14.8. The van der Waals surface area contributed by atoms with E-state index >= 15 is 0 Å². The number of nitrogens with zero attached hydrogens (tertiary/aromatic N) is 2. The molecule has 0 atom stereocenters. The third kappa shape index (κ3) is 3.60. The van der Waals surface area contributed by atoms with Gasteiger partial charge in [-0.15, -0.1) is 0 Å². The van der Waals surface area contributed by atoms with Gasteiger partial charge in [0, 0.05) is 25.5 Å². The van der Waals surface area contributed by atoms with Crippen molar-refractivity contribution in [2.75, 3.05) is 6.26 Å². The number of aryl methyl sites for hydroxylation is 1. The molecule has 0 saturated heterocycles. The fourth-order valence-electron chi connectivity index (χ4n) is 1.87. The minimum absolute atomic E-state index is 0.183. The van der Waals surface area contributed by atoms with Gasteiger partial charge in [0.15, 0.2) is 0 Å². The summed E-state index contributed by atoms with van der Waals surface area (Å²) in [7, 11) is 1.76. The quantitative estimate of drug-likeness (QED) is 0.920. The standard InChI is InChI=1S/C14H16FN3OS/c1-18-8-12(7-17-18)14(19)16-6-10-3-4-13(15)5-11(10)9-20-2/h3-5,7-8H,6,9H2,1-2H3,(H,16,19). The van der Waals surface area contributed by atoms with Crippen LogP contribution in [0.4, 0.5) is 4.39 Å². The summed E-state index contributed by atoms with van der Waals surface area (Å²) in [4.78, 5) is 11.9. The smallest absolute Gasteiger partial charge is 0.254 e. The zero-order valence-corrected chi connectivity index (χ0v) is 12.2. The number of benzene rings is 1. The van der Waals surface area contributed by atoms with E-state index in [1.807, 2.05) is 6.26 Å². The molecular weight excluding hydrogens is 277 g/mol. The Morgan fingerprint density at radius 1 is 1.45 bits per heavy atom. The molecule has 1 N–H and O–H groups in total. The van der Waals surface area contributed by atoms with Gasteiger partial charge in [-0.25, -0.2) is 4.39 Å². The molecule has 1 aromatic carbocycles. The lowest BCUT2D eigenvalue weighted by atomic mass is 10.1. The zero-order chi connectivity index (χ0) is 14.5. The van der Waals surface area contributed by atoms with Gasteiger partial charge in [-0.05, 0) is 29.5 Å². The molecule has 0 radical (unpaired) electrons. The number of nitrogens with one attached hydrogen (secondary N) is 1. The van der Waals surface area contributed by atoms with Crippen LogP contribution in [0.1, 0.15) is 21.5 Å². The highest BCUT2D eigenvalue weighted by Gasteiger charge is 2.09. The monoisotopic (exact) mass is 293 g/mol. The third-order valence-electron chi connectivity index (χ3n) is 2.87. The topological polar surface area (TPSA) is 46.9 Å². The second-order valence-corrected chi connectivity index (χ2v) is 5.30. The van der Waals surface area contributed by atoms with Gasteiger partial charge in [-0.2, -0.15) is 16.9 Å². The Kier molecular flexibility index (Phi) is 4.79. The summed E-state index contributed by atoms with van der Waals surface area (Å²) in [5.74, 6) is 0.282. The molecule has 0 aliphatic heterocycles. The summed E-state index contributed by atoms with van der Waals surface area (Å²) in [6, 6.07) is 4.64. The Morgan fingerprint density at radius 2 is 2.25 bits per heavy atom. The molecular formula is C14H16FN3OS. The highest BCUT2D eigenvalue weighted by atomic mass is 32.2. The van der Waals surface area contributed by atoms with Crippen LogP contribution in [0.5, 0.6) is 0 Å². The van der Waals surface area contributed by atoms with E-state index in [1.165, 1.54) is 18.3 Å². The number of hydrogen-bond acceptors (Lipinski definition) is 3. The molecule has 20 heavy (non-hydrogen) atoms. The van der Waals surface area contributed by atoms with Crippen molar-refractivity contribution in [2.24, 2.45) is 7.05 Å². The van der Waals surface area contributed by atoms with Gasteiger partial charge in [0.1, 0.15) is 5.82 Å². The van der Waals surface area contributed by atoms with Gasteiger partial charge in [0.25, 0.3) is 5.91 Å². The van der Waals surface area contributed by atoms with E-state index < -0.39 is 0 Å². The van der Waals surface area contributed by atoms with Crippen molar-refractivity contribution < 1.29 is 9.18 Å². The number of thioether (sulfide) groups is 1. The SMILES string of the molecule is CSCc1cc(F)ccc1CNC(=O)c1cnn(C)c1. The molecule has 106 valence electrons. The first-order chi connectivity index (χ1) is 9.60. The molecule has 6 heteroatoms. The summed E-state index contributed by atoms with van der Waals surface area (Å²) in [6.07, 6.45) is 5.13. The van der Waals surface area contributed by atoms with Crippen LogP contribution in [0, 0.1) is 5.82 Å². The molecule has 1 amide bonds. The molecule has 0 spiro atoms. The average Bonchev–Trinajstić information content (AvgIpc) is 2.85. The van der Waals surface area contributed by atoms with Crippen molar-refractivity contribution in [3.05, 3.63) is 53.1 Å². The van der Waals surface area contributed by atoms with Crippen LogP contribution in [0.3, 0.4) is 0 Å². The van der Waals surface area contributed by atoms with E-state index in [2.05, 4.69) is 10.4 Å². The number of hydrogen-bond donors (Lipinski definition) is 1. The first-order valence-corrected chi connectivity index (χ1v) is 7.52. The Hall–Kier alpha value is -1.82. The number of carbonyl (C=O) groups excluding carboxylic acids is 1. The predicted octanol–water partition coefficient (Wildman–Crippen LogP) is 2.35. The van der Waals surface area contributed by atoms with Gasteiger partial charge in [0.2, 0.25) is 0 Å². The van der Waals surface area contributed by atoms with Crippen LogP contribution in [-0.2, 0) is 19.3 Å². The number of halogens is 1. The van der Waals surface area contributed by atoms with Crippen LogP contribution in [0.15, 0.2) is 30.6 Å². The molecule has 1 heterocycles. The summed E-state index contributed by atoms with van der Waals surface area (Å²) in [6.45, 7) is 0.379. The highest BCUT2D eigenvalue weighted by Crippen LogP contribution is 2.16. The maximum atomic E-state index is 13.2. The summed E-state index contributed by atoms with van der Waals surface area (Å²) in [5.41, 5.74) is 2.35. The molecule has 0 saturated carbocycles. The molecule has 0 bridgehead atoms. The summed E-state index contributed by atoms with van der Waals surface area (Å²) >= 11 is 1.62. The lowest BCUT2D eigenvalue weighted by Crippen LogP contribution is -2.23. The van der Waals surface area contributed by atoms with Crippen molar-refractivity contribution >= 4 is 17.7 Å². The maximum absolute atomic E-state index is 13.2. The minimum Gasteiger partial charge on any atom is -0.348 e. The van der Waals surface area contributed by atoms with E-state index in [0.717, 1.165) is 16.9 Å². The first kappa shape index (κ1) is 14.6. The second kappa shape index (κ2) is 6.56. The summed E-state index contributed by atoms with van der Waals surface area (Å²) in [5, 5.41) is 6.78. The maximum Gasteiger partial charge on any atom is 0.254 e. The lowest BCUT2D eigenvalue weighted by molar-refractivity contribution is 0.0951. The first-order valence-electron chi connectivity index (χ1n) is 6.13. The number of carbonyl (C=O) groups is 1. The molecule has 4 nitrogen and oxygen atoms in total. The third-order valence-corrected chi connectivity index (χ3v) is 3.47. The normalized spacial score (nSPS) is 10.6. The fraction of sp³-hybridized carbons (Fsp3) is 0.286. The van der Waals surface area contributed by atoms with Crippen molar-refractivity contribution in [3.8, 4) is 0 Å². The van der Waals surface area contributed by atoms with Gasteiger partial charge in [-0.1, -0.05) is 6.07 Å². The average molecular weight is 293 g/mol. The zero-order valence-electron chi connectivity index (χ0n) is 11.4. The van der Waals surface area contributed by atoms with Gasteiger partial charge in [-0.3, -0.25) is 9.48 Å². The van der Waals surface area contributed by atoms with Gasteiger partial charge < -0.3 is 5.32 Å². The van der Waals surface area contributed by atoms with Crippen LogP contribution < -0.4 is 5.32 Å². The molecule has 0 aliphatic carbocycles. The van der Waals surface area contributed by atoms with Crippen molar-refractivity contribution in [1.29, 1.82) is 0 Å².